The Morgan fingerprint density at radius 3 is 2.83 bits per heavy atom. The van der Waals surface area contributed by atoms with Gasteiger partial charge in [-0.25, -0.2) is 0 Å². The first-order valence-electron chi connectivity index (χ1n) is 8.52. The maximum atomic E-state index is 9.57. The monoisotopic (exact) mass is 365 g/mol. The van der Waals surface area contributed by atoms with Crippen molar-refractivity contribution in [1.29, 1.82) is 0 Å². The Labute approximate surface area is 151 Å². The molecule has 6 heteroatoms. The van der Waals surface area contributed by atoms with Crippen LogP contribution in [0.1, 0.15) is 29.7 Å². The van der Waals surface area contributed by atoms with Crippen molar-refractivity contribution in [2.24, 2.45) is 5.92 Å². The zero-order chi connectivity index (χ0) is 16.7. The molecule has 0 radical (unpaired) electrons. The molecule has 4 nitrogen and oxygen atoms in total. The van der Waals surface area contributed by atoms with Gasteiger partial charge in [-0.05, 0) is 67.8 Å². The Morgan fingerprint density at radius 2 is 2.04 bits per heavy atom. The number of hydrogen-bond donors (Lipinski definition) is 2. The fourth-order valence-corrected chi connectivity index (χ4v) is 4.77. The minimum Gasteiger partial charge on any atom is -0.508 e. The van der Waals surface area contributed by atoms with Crippen molar-refractivity contribution in [3.05, 3.63) is 45.2 Å². The highest BCUT2D eigenvalue weighted by Crippen LogP contribution is 2.34. The molecule has 24 heavy (non-hydrogen) atoms. The lowest BCUT2D eigenvalue weighted by Crippen LogP contribution is -2.37. The average Bonchev–Trinajstić information content (AvgIpc) is 3.19. The summed E-state index contributed by atoms with van der Waals surface area (Å²) < 4.78 is 0. The number of fused-ring (bicyclic) bond motifs is 1. The van der Waals surface area contributed by atoms with E-state index >= 15 is 0 Å². The third-order valence-electron chi connectivity index (χ3n) is 5.44. The van der Waals surface area contributed by atoms with Crippen LogP contribution in [0.4, 0.5) is 0 Å². The number of likely N-dealkylation sites (tertiary alicyclic amines) is 1. The van der Waals surface area contributed by atoms with E-state index in [9.17, 15) is 5.11 Å². The van der Waals surface area contributed by atoms with Crippen molar-refractivity contribution in [2.45, 2.75) is 38.1 Å². The zero-order valence-electron chi connectivity index (χ0n) is 13.4. The van der Waals surface area contributed by atoms with E-state index in [4.69, 9.17) is 23.2 Å². The Balaban J connectivity index is 1.41. The summed E-state index contributed by atoms with van der Waals surface area (Å²) in [5, 5.41) is 18.0. The highest BCUT2D eigenvalue weighted by Gasteiger charge is 2.31. The highest BCUT2D eigenvalue weighted by atomic mass is 35.5. The molecule has 0 spiro atoms. The molecular weight excluding hydrogens is 345 g/mol. The fourth-order valence-electron chi connectivity index (χ4n) is 4.14. The van der Waals surface area contributed by atoms with Gasteiger partial charge in [0, 0.05) is 28.3 Å². The second-order valence-electron chi connectivity index (χ2n) is 7.01. The molecule has 2 unspecified atom stereocenters. The van der Waals surface area contributed by atoms with E-state index in [0.717, 1.165) is 37.9 Å². The van der Waals surface area contributed by atoms with Crippen LogP contribution in [-0.4, -0.2) is 39.3 Å². The van der Waals surface area contributed by atoms with E-state index in [1.165, 1.54) is 24.1 Å². The second kappa shape index (κ2) is 6.58. The number of phenols is 1. The van der Waals surface area contributed by atoms with Gasteiger partial charge in [-0.2, -0.15) is 5.10 Å². The largest absolute Gasteiger partial charge is 0.508 e. The second-order valence-corrected chi connectivity index (χ2v) is 7.83. The number of phenolic OH excluding ortho intramolecular Hbond substituents is 1. The molecular formula is C18H21Cl2N3O. The molecule has 0 amide bonds. The van der Waals surface area contributed by atoms with Crippen LogP contribution in [0.25, 0.3) is 0 Å². The van der Waals surface area contributed by atoms with E-state index in [1.807, 2.05) is 6.20 Å². The summed E-state index contributed by atoms with van der Waals surface area (Å²) in [6.45, 7) is 2.22. The molecule has 1 fully saturated rings. The predicted octanol–water partition coefficient (Wildman–Crippen LogP) is 3.84. The molecule has 1 aromatic carbocycles. The SMILES string of the molecule is Oc1cc(Cl)c(CC2CCN(C3CCc4[nH]ncc4C3)C2)c(Cl)c1. The lowest BCUT2D eigenvalue weighted by Gasteiger charge is -2.31. The fraction of sp³-hybridized carbons (Fsp3) is 0.500. The van der Waals surface area contributed by atoms with Crippen molar-refractivity contribution in [2.75, 3.05) is 13.1 Å². The zero-order valence-corrected chi connectivity index (χ0v) is 14.9. The smallest absolute Gasteiger partial charge is 0.118 e. The van der Waals surface area contributed by atoms with Gasteiger partial charge in [0.05, 0.1) is 6.20 Å². The molecule has 2 heterocycles. The molecule has 0 saturated carbocycles. The molecule has 4 rings (SSSR count). The number of benzene rings is 1. The quantitative estimate of drug-likeness (QED) is 0.868. The number of halogens is 2. The number of nitrogens with one attached hydrogen (secondary N) is 1. The van der Waals surface area contributed by atoms with Crippen LogP contribution in [0.2, 0.25) is 10.0 Å². The third-order valence-corrected chi connectivity index (χ3v) is 6.12. The van der Waals surface area contributed by atoms with Crippen molar-refractivity contribution in [1.82, 2.24) is 15.1 Å². The maximum absolute atomic E-state index is 9.57. The molecule has 2 N–H and O–H groups in total. The lowest BCUT2D eigenvalue weighted by atomic mass is 9.92. The molecule has 1 aliphatic heterocycles. The molecule has 1 saturated heterocycles. The van der Waals surface area contributed by atoms with E-state index in [2.05, 4.69) is 15.1 Å². The average molecular weight is 366 g/mol. The van der Waals surface area contributed by atoms with Crippen LogP contribution in [0.5, 0.6) is 5.75 Å². The minimum absolute atomic E-state index is 0.125. The van der Waals surface area contributed by atoms with Gasteiger partial charge in [-0.15, -0.1) is 0 Å². The standard InChI is InChI=1S/C18H21Cl2N3O/c19-16-7-14(24)8-17(20)15(16)5-11-3-4-23(10-11)13-1-2-18-12(6-13)9-21-22-18/h7-9,11,13,24H,1-6,10H2,(H,21,22). The van der Waals surface area contributed by atoms with Crippen molar-refractivity contribution >= 4 is 23.2 Å². The first-order valence-corrected chi connectivity index (χ1v) is 9.28. The third kappa shape index (κ3) is 3.15. The number of aryl methyl sites for hydroxylation is 1. The number of hydrogen-bond acceptors (Lipinski definition) is 3. The van der Waals surface area contributed by atoms with E-state index < -0.39 is 0 Å². The van der Waals surface area contributed by atoms with Gasteiger partial charge in [0.1, 0.15) is 5.75 Å². The number of H-pyrrole nitrogens is 1. The molecule has 128 valence electrons. The lowest BCUT2D eigenvalue weighted by molar-refractivity contribution is 0.213. The normalized spacial score (nSPS) is 24.2. The summed E-state index contributed by atoms with van der Waals surface area (Å²) in [5.74, 6) is 0.690. The van der Waals surface area contributed by atoms with E-state index in [0.29, 0.717) is 22.0 Å². The van der Waals surface area contributed by atoms with Crippen molar-refractivity contribution in [3.63, 3.8) is 0 Å². The van der Waals surface area contributed by atoms with E-state index in [1.54, 1.807) is 12.1 Å². The summed E-state index contributed by atoms with van der Waals surface area (Å²) in [6.07, 6.45) is 7.41. The predicted molar refractivity (Wildman–Crippen MR) is 95.9 cm³/mol. The molecule has 0 bridgehead atoms. The molecule has 1 aromatic heterocycles. The van der Waals surface area contributed by atoms with Gasteiger partial charge in [0.25, 0.3) is 0 Å². The molecule has 1 aliphatic carbocycles. The van der Waals surface area contributed by atoms with Crippen LogP contribution < -0.4 is 0 Å². The number of aromatic hydroxyl groups is 1. The van der Waals surface area contributed by atoms with Crippen molar-refractivity contribution in [3.8, 4) is 5.75 Å². The summed E-state index contributed by atoms with van der Waals surface area (Å²) >= 11 is 12.5. The van der Waals surface area contributed by atoms with E-state index in [-0.39, 0.29) is 5.75 Å². The first kappa shape index (κ1) is 16.2. The Bertz CT molecular complexity index is 723. The summed E-state index contributed by atoms with van der Waals surface area (Å²) in [6, 6.07) is 3.78. The Morgan fingerprint density at radius 1 is 1.25 bits per heavy atom. The number of aromatic amines is 1. The van der Waals surface area contributed by atoms with Crippen LogP contribution in [0, 0.1) is 5.92 Å². The maximum Gasteiger partial charge on any atom is 0.118 e. The van der Waals surface area contributed by atoms with Gasteiger partial charge in [-0.1, -0.05) is 23.2 Å². The highest BCUT2D eigenvalue weighted by molar-refractivity contribution is 6.36. The van der Waals surface area contributed by atoms with Gasteiger partial charge in [0.15, 0.2) is 0 Å². The molecule has 2 aromatic rings. The minimum atomic E-state index is 0.125. The Hall–Kier alpha value is -1.23. The van der Waals surface area contributed by atoms with Gasteiger partial charge in [0.2, 0.25) is 0 Å². The van der Waals surface area contributed by atoms with Crippen molar-refractivity contribution < 1.29 is 5.11 Å². The number of nitrogens with zero attached hydrogens (tertiary/aromatic N) is 2. The van der Waals surface area contributed by atoms with Gasteiger partial charge >= 0.3 is 0 Å². The molecule has 2 atom stereocenters. The van der Waals surface area contributed by atoms with Crippen LogP contribution in [0.3, 0.4) is 0 Å². The summed E-state index contributed by atoms with van der Waals surface area (Å²) in [7, 11) is 0. The topological polar surface area (TPSA) is 52.1 Å². The number of aromatic nitrogens is 2. The summed E-state index contributed by atoms with van der Waals surface area (Å²) in [4.78, 5) is 2.61. The Kier molecular flexibility index (Phi) is 4.46. The van der Waals surface area contributed by atoms with Crippen LogP contribution in [0.15, 0.2) is 18.3 Å². The summed E-state index contributed by atoms with van der Waals surface area (Å²) in [5.41, 5.74) is 3.65. The van der Waals surface area contributed by atoms with Crippen LogP contribution >= 0.6 is 23.2 Å². The van der Waals surface area contributed by atoms with Gasteiger partial charge in [-0.3, -0.25) is 10.00 Å². The van der Waals surface area contributed by atoms with Crippen LogP contribution in [-0.2, 0) is 19.3 Å². The first-order chi connectivity index (χ1) is 11.6. The molecule has 2 aliphatic rings. The van der Waals surface area contributed by atoms with Gasteiger partial charge < -0.3 is 5.11 Å². The number of rotatable bonds is 3.